The first-order chi connectivity index (χ1) is 11.5. The summed E-state index contributed by atoms with van der Waals surface area (Å²) in [5.74, 6) is 0.184. The molecule has 3 atom stereocenters. The number of carbonyl (C=O) groups is 1. The van der Waals surface area contributed by atoms with Gasteiger partial charge in [-0.3, -0.25) is 5.32 Å². The molecular formula is C16H12Cl2FN3O2. The van der Waals surface area contributed by atoms with Crippen LogP contribution in [0.25, 0.3) is 0 Å². The van der Waals surface area contributed by atoms with Crippen LogP contribution in [0.15, 0.2) is 30.5 Å². The molecular weight excluding hydrogens is 356 g/mol. The minimum atomic E-state index is -0.437. The summed E-state index contributed by atoms with van der Waals surface area (Å²) in [5.41, 5.74) is 0.628. The fraction of sp³-hybridized carbons (Fsp3) is 0.250. The van der Waals surface area contributed by atoms with Gasteiger partial charge in [-0.1, -0.05) is 23.2 Å². The molecule has 1 saturated carbocycles. The van der Waals surface area contributed by atoms with Crippen LogP contribution in [0.4, 0.5) is 15.0 Å². The number of anilines is 1. The van der Waals surface area contributed by atoms with E-state index in [1.54, 1.807) is 12.1 Å². The molecule has 5 nitrogen and oxygen atoms in total. The lowest BCUT2D eigenvalue weighted by Gasteiger charge is -2.17. The lowest BCUT2D eigenvalue weighted by Crippen LogP contribution is -2.32. The lowest BCUT2D eigenvalue weighted by atomic mass is 10.1. The molecule has 8 heteroatoms. The van der Waals surface area contributed by atoms with Crippen LogP contribution in [-0.4, -0.2) is 23.7 Å². The minimum Gasteiger partial charge on any atom is -0.490 e. The van der Waals surface area contributed by atoms with Crippen molar-refractivity contribution in [3.63, 3.8) is 0 Å². The Balaban J connectivity index is 1.47. The van der Waals surface area contributed by atoms with Crippen molar-refractivity contribution < 1.29 is 13.9 Å². The highest BCUT2D eigenvalue weighted by Crippen LogP contribution is 2.56. The molecule has 124 valence electrons. The number of hydrogen-bond acceptors (Lipinski definition) is 3. The number of nitrogens with one attached hydrogen (secondary N) is 2. The molecule has 2 N–H and O–H groups in total. The zero-order chi connectivity index (χ0) is 16.8. The summed E-state index contributed by atoms with van der Waals surface area (Å²) >= 11 is 11.9. The molecule has 3 unspecified atom stereocenters. The third-order valence-corrected chi connectivity index (χ3v) is 4.84. The third-order valence-electron chi connectivity index (χ3n) is 4.28. The summed E-state index contributed by atoms with van der Waals surface area (Å²) in [7, 11) is 0. The highest BCUT2D eigenvalue weighted by atomic mass is 35.5. The number of fused-ring (bicyclic) bond motifs is 3. The van der Waals surface area contributed by atoms with Crippen molar-refractivity contribution in [3.8, 4) is 5.75 Å². The quantitative estimate of drug-likeness (QED) is 0.847. The number of halogens is 3. The average molecular weight is 368 g/mol. The van der Waals surface area contributed by atoms with Gasteiger partial charge in [0, 0.05) is 34.7 Å². The van der Waals surface area contributed by atoms with E-state index in [1.807, 2.05) is 0 Å². The Labute approximate surface area is 147 Å². The molecule has 1 aromatic heterocycles. The van der Waals surface area contributed by atoms with Crippen molar-refractivity contribution in [3.05, 3.63) is 51.9 Å². The molecule has 1 aliphatic carbocycles. The van der Waals surface area contributed by atoms with E-state index >= 15 is 0 Å². The first-order valence-corrected chi connectivity index (χ1v) is 8.10. The predicted molar refractivity (Wildman–Crippen MR) is 88.3 cm³/mol. The van der Waals surface area contributed by atoms with Gasteiger partial charge in [-0.05, 0) is 24.3 Å². The van der Waals surface area contributed by atoms with Gasteiger partial charge in [-0.25, -0.2) is 14.2 Å². The number of aromatic nitrogens is 1. The fourth-order valence-electron chi connectivity index (χ4n) is 3.11. The summed E-state index contributed by atoms with van der Waals surface area (Å²) in [6.45, 7) is 0.346. The molecule has 0 spiro atoms. The number of nitrogens with zero attached hydrogens (tertiary/aromatic N) is 1. The topological polar surface area (TPSA) is 63.2 Å². The molecule has 2 heterocycles. The van der Waals surface area contributed by atoms with Crippen LogP contribution < -0.4 is 15.4 Å². The maximum atomic E-state index is 13.9. The van der Waals surface area contributed by atoms with Crippen molar-refractivity contribution in [1.82, 2.24) is 10.3 Å². The third kappa shape index (κ3) is 2.65. The van der Waals surface area contributed by atoms with Gasteiger partial charge in [0.05, 0.1) is 11.6 Å². The summed E-state index contributed by atoms with van der Waals surface area (Å²) < 4.78 is 19.3. The number of pyridine rings is 1. The zero-order valence-electron chi connectivity index (χ0n) is 12.2. The Morgan fingerprint density at radius 1 is 1.29 bits per heavy atom. The van der Waals surface area contributed by atoms with E-state index in [0.717, 1.165) is 0 Å². The number of rotatable bonds is 2. The van der Waals surface area contributed by atoms with E-state index in [0.29, 0.717) is 28.0 Å². The molecule has 0 bridgehead atoms. The van der Waals surface area contributed by atoms with Crippen molar-refractivity contribution in [2.45, 2.75) is 12.0 Å². The van der Waals surface area contributed by atoms with E-state index < -0.39 is 11.8 Å². The van der Waals surface area contributed by atoms with Gasteiger partial charge >= 0.3 is 6.03 Å². The number of benzene rings is 1. The standard InChI is InChI=1S/C16H12Cl2FN3O2/c17-7-1-4-11(20-5-7)21-16(23)22-14-8-6-24-15-10(19)3-2-9(18)13(15)12(8)14/h1-5,8,12,14H,6H2,(H2,20,21,22,23). The summed E-state index contributed by atoms with van der Waals surface area (Å²) in [5, 5.41) is 6.43. The van der Waals surface area contributed by atoms with Gasteiger partial charge in [-0.2, -0.15) is 0 Å². The molecule has 1 aromatic carbocycles. The Kier molecular flexibility index (Phi) is 3.73. The summed E-state index contributed by atoms with van der Waals surface area (Å²) in [6.07, 6.45) is 1.45. The van der Waals surface area contributed by atoms with Crippen molar-refractivity contribution in [1.29, 1.82) is 0 Å². The molecule has 2 amide bonds. The van der Waals surface area contributed by atoms with Crippen molar-refractivity contribution >= 4 is 35.1 Å². The van der Waals surface area contributed by atoms with E-state index in [2.05, 4.69) is 15.6 Å². The van der Waals surface area contributed by atoms with Gasteiger partial charge < -0.3 is 10.1 Å². The Morgan fingerprint density at radius 3 is 2.88 bits per heavy atom. The Hall–Kier alpha value is -2.05. The molecule has 0 saturated heterocycles. The van der Waals surface area contributed by atoms with Crippen molar-refractivity contribution in [2.24, 2.45) is 5.92 Å². The number of ether oxygens (including phenoxy) is 1. The molecule has 1 aliphatic heterocycles. The second-order valence-electron chi connectivity index (χ2n) is 5.76. The number of urea groups is 1. The second-order valence-corrected chi connectivity index (χ2v) is 6.60. The SMILES string of the molecule is O=C(Nc1ccc(Cl)cn1)NC1C2COc3c(F)ccc(Cl)c3C21. The fourth-order valence-corrected chi connectivity index (χ4v) is 3.50. The maximum absolute atomic E-state index is 13.9. The van der Waals surface area contributed by atoms with Gasteiger partial charge in [0.15, 0.2) is 11.6 Å². The largest absolute Gasteiger partial charge is 0.490 e. The van der Waals surface area contributed by atoms with Gasteiger partial charge in [0.2, 0.25) is 0 Å². The highest BCUT2D eigenvalue weighted by molar-refractivity contribution is 6.31. The Morgan fingerprint density at radius 2 is 2.12 bits per heavy atom. The maximum Gasteiger partial charge on any atom is 0.320 e. The molecule has 1 fully saturated rings. The van der Waals surface area contributed by atoms with Gasteiger partial charge in [-0.15, -0.1) is 0 Å². The van der Waals surface area contributed by atoms with E-state index in [1.165, 1.54) is 18.3 Å². The molecule has 0 radical (unpaired) electrons. The van der Waals surface area contributed by atoms with E-state index in [4.69, 9.17) is 27.9 Å². The first-order valence-electron chi connectivity index (χ1n) is 7.34. The van der Waals surface area contributed by atoms with Gasteiger partial charge in [0.25, 0.3) is 0 Å². The Bertz CT molecular complexity index is 816. The number of hydrogen-bond donors (Lipinski definition) is 2. The first kappa shape index (κ1) is 15.5. The van der Waals surface area contributed by atoms with Crippen LogP contribution in [0.5, 0.6) is 5.75 Å². The average Bonchev–Trinajstić information content (AvgIpc) is 3.26. The van der Waals surface area contributed by atoms with Gasteiger partial charge in [0.1, 0.15) is 5.82 Å². The monoisotopic (exact) mass is 367 g/mol. The molecule has 2 aromatic rings. The predicted octanol–water partition coefficient (Wildman–Crippen LogP) is 3.82. The normalized spacial score (nSPS) is 23.5. The zero-order valence-corrected chi connectivity index (χ0v) is 13.7. The molecule has 24 heavy (non-hydrogen) atoms. The number of amides is 2. The second kappa shape index (κ2) is 5.79. The highest BCUT2D eigenvalue weighted by Gasteiger charge is 2.57. The summed E-state index contributed by atoms with van der Waals surface area (Å²) in [6, 6.07) is 5.48. The minimum absolute atomic E-state index is 0.0409. The van der Waals surface area contributed by atoms with Crippen LogP contribution in [-0.2, 0) is 0 Å². The van der Waals surface area contributed by atoms with Crippen LogP contribution in [0.2, 0.25) is 10.0 Å². The number of carbonyl (C=O) groups excluding carboxylic acids is 1. The van der Waals surface area contributed by atoms with Crippen LogP contribution in [0, 0.1) is 11.7 Å². The summed E-state index contributed by atoms with van der Waals surface area (Å²) in [4.78, 5) is 16.1. The molecule has 4 rings (SSSR count). The lowest BCUT2D eigenvalue weighted by molar-refractivity contribution is 0.248. The smallest absolute Gasteiger partial charge is 0.320 e. The van der Waals surface area contributed by atoms with Crippen LogP contribution in [0.1, 0.15) is 11.5 Å². The van der Waals surface area contributed by atoms with Crippen molar-refractivity contribution in [2.75, 3.05) is 11.9 Å². The molecule has 2 aliphatic rings. The van der Waals surface area contributed by atoms with E-state index in [-0.39, 0.29) is 23.6 Å². The van der Waals surface area contributed by atoms with E-state index in [9.17, 15) is 9.18 Å². The van der Waals surface area contributed by atoms with Crippen LogP contribution >= 0.6 is 23.2 Å². The van der Waals surface area contributed by atoms with Crippen LogP contribution in [0.3, 0.4) is 0 Å².